The van der Waals surface area contributed by atoms with Crippen LogP contribution in [0.15, 0.2) is 24.3 Å². The highest BCUT2D eigenvalue weighted by atomic mass is 32.2. The van der Waals surface area contributed by atoms with Crippen LogP contribution in [0.1, 0.15) is 23.2 Å². The first kappa shape index (κ1) is 21.5. The molecule has 3 heterocycles. The molecule has 3 aliphatic rings. The largest absolute Gasteiger partial charge is 0.497 e. The molecule has 0 spiro atoms. The molecule has 3 fully saturated rings. The van der Waals surface area contributed by atoms with E-state index in [-0.39, 0.29) is 42.3 Å². The van der Waals surface area contributed by atoms with Crippen molar-refractivity contribution in [3.63, 3.8) is 0 Å². The second-order valence-corrected chi connectivity index (χ2v) is 8.88. The molecule has 4 atom stereocenters. The zero-order valence-corrected chi connectivity index (χ0v) is 18.3. The van der Waals surface area contributed by atoms with Crippen LogP contribution in [0.25, 0.3) is 0 Å². The summed E-state index contributed by atoms with van der Waals surface area (Å²) in [4.78, 5) is 54.4. The maximum absolute atomic E-state index is 13.4. The van der Waals surface area contributed by atoms with E-state index >= 15 is 0 Å². The number of hydrogen-bond acceptors (Lipinski definition) is 6. The van der Waals surface area contributed by atoms with Crippen LogP contribution in [0, 0.1) is 0 Å². The number of amides is 4. The number of nitrogens with zero attached hydrogens (tertiary/aromatic N) is 2. The Hall–Kier alpha value is -2.75. The molecule has 3 aliphatic heterocycles. The standard InChI is InChI=1S/C21H26N4O5S/c1-30-14-5-3-12(4-6-14)19(27)22-13-9-16-20(28)23-15-7-8-24(17(26)11-31-2)18(15)21(29)25(16)10-13/h3-6,13,15-16,18H,7-11H2,1-2H3,(H,22,27)(H,23,28). The smallest absolute Gasteiger partial charge is 0.251 e. The van der Waals surface area contributed by atoms with E-state index in [2.05, 4.69) is 10.6 Å². The lowest BCUT2D eigenvalue weighted by Gasteiger charge is -2.29. The van der Waals surface area contributed by atoms with Crippen molar-refractivity contribution in [3.8, 4) is 5.75 Å². The maximum atomic E-state index is 13.4. The summed E-state index contributed by atoms with van der Waals surface area (Å²) in [7, 11) is 1.55. The number of nitrogens with one attached hydrogen (secondary N) is 2. The monoisotopic (exact) mass is 446 g/mol. The number of hydrogen-bond donors (Lipinski definition) is 2. The molecule has 2 N–H and O–H groups in total. The SMILES string of the molecule is COc1ccc(C(=O)NC2CC3C(=O)NC4CCN(C(=O)CSC)C4C(=O)N3C2)cc1. The normalized spacial score (nSPS) is 27.3. The fraction of sp³-hybridized carbons (Fsp3) is 0.524. The Kier molecular flexibility index (Phi) is 6.08. The second kappa shape index (κ2) is 8.78. The first-order valence-electron chi connectivity index (χ1n) is 10.3. The molecule has 1 aromatic carbocycles. The Balaban J connectivity index is 1.47. The molecule has 9 nitrogen and oxygen atoms in total. The van der Waals surface area contributed by atoms with Crippen LogP contribution in [-0.4, -0.2) is 89.8 Å². The second-order valence-electron chi connectivity index (χ2n) is 8.01. The van der Waals surface area contributed by atoms with E-state index in [1.165, 1.54) is 16.7 Å². The van der Waals surface area contributed by atoms with Crippen molar-refractivity contribution in [1.29, 1.82) is 0 Å². The Bertz CT molecular complexity index is 892. The van der Waals surface area contributed by atoms with Gasteiger partial charge in [0.05, 0.1) is 18.9 Å². The third-order valence-corrected chi connectivity index (χ3v) is 6.68. The van der Waals surface area contributed by atoms with Gasteiger partial charge in [0.1, 0.15) is 17.8 Å². The van der Waals surface area contributed by atoms with Crippen LogP contribution in [0.3, 0.4) is 0 Å². The number of carbonyl (C=O) groups is 4. The minimum absolute atomic E-state index is 0.0930. The Labute approximate surface area is 184 Å². The minimum Gasteiger partial charge on any atom is -0.497 e. The van der Waals surface area contributed by atoms with Gasteiger partial charge in [0.25, 0.3) is 5.91 Å². The third-order valence-electron chi connectivity index (χ3n) is 6.14. The van der Waals surface area contributed by atoms with Gasteiger partial charge in [0.2, 0.25) is 17.7 Å². The van der Waals surface area contributed by atoms with Crippen LogP contribution >= 0.6 is 11.8 Å². The summed E-state index contributed by atoms with van der Waals surface area (Å²) >= 11 is 1.41. The molecule has 0 aromatic heterocycles. The van der Waals surface area contributed by atoms with Gasteiger partial charge < -0.3 is 25.2 Å². The molecule has 4 unspecified atom stereocenters. The number of likely N-dealkylation sites (tertiary alicyclic amines) is 1. The highest BCUT2D eigenvalue weighted by molar-refractivity contribution is 7.99. The van der Waals surface area contributed by atoms with Gasteiger partial charge in [-0.05, 0) is 43.4 Å². The molecule has 0 aliphatic carbocycles. The van der Waals surface area contributed by atoms with E-state index in [0.717, 1.165) is 0 Å². The van der Waals surface area contributed by atoms with Gasteiger partial charge >= 0.3 is 0 Å². The van der Waals surface area contributed by atoms with Crippen molar-refractivity contribution in [2.24, 2.45) is 0 Å². The van der Waals surface area contributed by atoms with Crippen LogP contribution in [0.5, 0.6) is 5.75 Å². The third kappa shape index (κ3) is 4.08. The van der Waals surface area contributed by atoms with Gasteiger partial charge in [0, 0.05) is 24.7 Å². The van der Waals surface area contributed by atoms with Gasteiger partial charge in [-0.15, -0.1) is 0 Å². The van der Waals surface area contributed by atoms with Crippen molar-refractivity contribution in [3.05, 3.63) is 29.8 Å². The molecule has 4 rings (SSSR count). The summed E-state index contributed by atoms with van der Waals surface area (Å²) in [6.07, 6.45) is 2.76. The van der Waals surface area contributed by atoms with E-state index in [1.54, 1.807) is 36.3 Å². The van der Waals surface area contributed by atoms with Crippen LogP contribution in [0.2, 0.25) is 0 Å². The molecule has 0 saturated carbocycles. The number of rotatable bonds is 5. The average Bonchev–Trinajstić information content (AvgIpc) is 3.36. The predicted octanol–water partition coefficient (Wildman–Crippen LogP) is -0.143. The maximum Gasteiger partial charge on any atom is 0.251 e. The summed E-state index contributed by atoms with van der Waals surface area (Å²) in [5, 5.41) is 5.89. The van der Waals surface area contributed by atoms with E-state index in [0.29, 0.717) is 36.5 Å². The molecular formula is C21H26N4O5S. The summed E-state index contributed by atoms with van der Waals surface area (Å²) in [5.74, 6) is 0.148. The number of benzene rings is 1. The molecule has 1 aromatic rings. The number of thioether (sulfide) groups is 1. The molecule has 0 radical (unpaired) electrons. The summed E-state index contributed by atoms with van der Waals surface area (Å²) in [6.45, 7) is 0.698. The first-order valence-corrected chi connectivity index (χ1v) is 11.7. The van der Waals surface area contributed by atoms with Gasteiger partial charge in [-0.25, -0.2) is 0 Å². The fourth-order valence-corrected chi connectivity index (χ4v) is 5.04. The Morgan fingerprint density at radius 1 is 1.26 bits per heavy atom. The van der Waals surface area contributed by atoms with Crippen molar-refractivity contribution >= 4 is 35.4 Å². The molecule has 10 heteroatoms. The molecule has 0 bridgehead atoms. The van der Waals surface area contributed by atoms with E-state index in [1.807, 2.05) is 6.26 Å². The highest BCUT2D eigenvalue weighted by Gasteiger charge is 2.52. The summed E-state index contributed by atoms with van der Waals surface area (Å²) in [6, 6.07) is 4.71. The van der Waals surface area contributed by atoms with E-state index in [4.69, 9.17) is 4.74 Å². The lowest BCUT2D eigenvalue weighted by molar-refractivity contribution is -0.143. The van der Waals surface area contributed by atoms with E-state index in [9.17, 15) is 19.2 Å². The summed E-state index contributed by atoms with van der Waals surface area (Å²) in [5.41, 5.74) is 0.475. The van der Waals surface area contributed by atoms with Crippen LogP contribution in [-0.2, 0) is 14.4 Å². The molecule has 4 amide bonds. The minimum atomic E-state index is -0.676. The highest BCUT2D eigenvalue weighted by Crippen LogP contribution is 2.29. The van der Waals surface area contributed by atoms with Gasteiger partial charge in [0.15, 0.2) is 0 Å². The number of ether oxygens (including phenoxy) is 1. The lowest BCUT2D eigenvalue weighted by atomic mass is 10.1. The molecule has 166 valence electrons. The van der Waals surface area contributed by atoms with E-state index < -0.39 is 12.1 Å². The van der Waals surface area contributed by atoms with Crippen molar-refractivity contribution in [1.82, 2.24) is 20.4 Å². The predicted molar refractivity (Wildman–Crippen MR) is 115 cm³/mol. The molecule has 31 heavy (non-hydrogen) atoms. The number of fused-ring (bicyclic) bond motifs is 2. The fourth-order valence-electron chi connectivity index (χ4n) is 4.63. The van der Waals surface area contributed by atoms with Crippen LogP contribution in [0.4, 0.5) is 0 Å². The number of carbonyl (C=O) groups excluding carboxylic acids is 4. The Morgan fingerprint density at radius 2 is 2.00 bits per heavy atom. The zero-order valence-electron chi connectivity index (χ0n) is 17.5. The number of methoxy groups -OCH3 is 1. The van der Waals surface area contributed by atoms with Gasteiger partial charge in [-0.3, -0.25) is 19.2 Å². The Morgan fingerprint density at radius 3 is 2.68 bits per heavy atom. The van der Waals surface area contributed by atoms with Crippen molar-refractivity contribution in [2.45, 2.75) is 37.0 Å². The molecular weight excluding hydrogens is 420 g/mol. The molecule has 3 saturated heterocycles. The van der Waals surface area contributed by atoms with Gasteiger partial charge in [-0.2, -0.15) is 11.8 Å². The van der Waals surface area contributed by atoms with Crippen molar-refractivity contribution in [2.75, 3.05) is 32.2 Å². The average molecular weight is 447 g/mol. The summed E-state index contributed by atoms with van der Waals surface area (Å²) < 4.78 is 5.11. The topological polar surface area (TPSA) is 108 Å². The first-order chi connectivity index (χ1) is 14.9. The van der Waals surface area contributed by atoms with Crippen LogP contribution < -0.4 is 15.4 Å². The zero-order chi connectivity index (χ0) is 22.1. The van der Waals surface area contributed by atoms with Crippen molar-refractivity contribution < 1.29 is 23.9 Å². The quantitative estimate of drug-likeness (QED) is 0.652. The lowest BCUT2D eigenvalue weighted by Crippen LogP contribution is -2.53. The van der Waals surface area contributed by atoms with Gasteiger partial charge in [-0.1, -0.05) is 0 Å².